The highest BCUT2D eigenvalue weighted by molar-refractivity contribution is 5.17. The lowest BCUT2D eigenvalue weighted by Crippen LogP contribution is -2.39. The first-order chi connectivity index (χ1) is 17.2. The number of aliphatic hydroxyl groups is 1. The molecule has 4 aromatic rings. The van der Waals surface area contributed by atoms with E-state index in [2.05, 4.69) is 5.10 Å². The summed E-state index contributed by atoms with van der Waals surface area (Å²) in [5.41, 5.74) is 3.94. The summed E-state index contributed by atoms with van der Waals surface area (Å²) in [6.07, 6.45) is 1.53. The molecule has 0 bridgehead atoms. The normalized spacial score (nSPS) is 13.9. The van der Waals surface area contributed by atoms with Gasteiger partial charge in [0.1, 0.15) is 18.3 Å². The van der Waals surface area contributed by atoms with Gasteiger partial charge in [-0.15, -0.1) is 0 Å². The lowest BCUT2D eigenvalue weighted by molar-refractivity contribution is -0.149. The summed E-state index contributed by atoms with van der Waals surface area (Å²) in [6.45, 7) is 1.24. The lowest BCUT2D eigenvalue weighted by atomic mass is 10.0. The Kier molecular flexibility index (Phi) is 9.20. The van der Waals surface area contributed by atoms with E-state index in [1.54, 1.807) is 10.9 Å². The lowest BCUT2D eigenvalue weighted by Gasteiger charge is -2.31. The summed E-state index contributed by atoms with van der Waals surface area (Å²) in [6, 6.07) is 29.8. The fourth-order valence-electron chi connectivity index (χ4n) is 3.86. The second kappa shape index (κ2) is 13.0. The van der Waals surface area contributed by atoms with Gasteiger partial charge in [-0.1, -0.05) is 91.0 Å². The topological polar surface area (TPSA) is 65.7 Å². The van der Waals surface area contributed by atoms with Gasteiger partial charge in [0, 0.05) is 18.8 Å². The molecule has 0 amide bonds. The molecule has 0 radical (unpaired) electrons. The van der Waals surface area contributed by atoms with Gasteiger partial charge in [0.05, 0.1) is 32.6 Å². The standard InChI is InChI=1S/C29H32N2O4/c1-31-18-26(17-30-31)28(34-20-24-13-7-3-8-14-24)29(35-21-25-15-9-4-10-16-25)27(32)22-33-19-23-11-5-2-6-12-23/h2-18,27-29,32H,19-22H2,1H3/t27-,28?,29+/m1/s1. The molecule has 4 rings (SSSR count). The number of benzene rings is 3. The van der Waals surface area contributed by atoms with E-state index < -0.39 is 18.3 Å². The summed E-state index contributed by atoms with van der Waals surface area (Å²) in [4.78, 5) is 0. The van der Waals surface area contributed by atoms with Crippen molar-refractivity contribution in [1.29, 1.82) is 0 Å². The Hall–Kier alpha value is -3.29. The van der Waals surface area contributed by atoms with Crippen LogP contribution in [0.3, 0.4) is 0 Å². The molecule has 0 aliphatic heterocycles. The van der Waals surface area contributed by atoms with Gasteiger partial charge in [0.25, 0.3) is 0 Å². The number of hydrogen-bond acceptors (Lipinski definition) is 5. The number of aryl methyl sites for hydroxylation is 1. The molecule has 0 saturated carbocycles. The first kappa shape index (κ1) is 24.8. The molecule has 0 saturated heterocycles. The van der Waals surface area contributed by atoms with Crippen LogP contribution in [0.15, 0.2) is 103 Å². The second-order valence-electron chi connectivity index (χ2n) is 8.49. The van der Waals surface area contributed by atoms with Crippen LogP contribution in [0.1, 0.15) is 28.4 Å². The summed E-state index contributed by atoms with van der Waals surface area (Å²) in [5, 5.41) is 15.6. The average molecular weight is 473 g/mol. The van der Waals surface area contributed by atoms with E-state index in [4.69, 9.17) is 14.2 Å². The largest absolute Gasteiger partial charge is 0.388 e. The number of hydrogen-bond donors (Lipinski definition) is 1. The van der Waals surface area contributed by atoms with E-state index in [-0.39, 0.29) is 6.61 Å². The quantitative estimate of drug-likeness (QED) is 0.302. The number of ether oxygens (including phenoxy) is 3. The summed E-state index contributed by atoms with van der Waals surface area (Å²) >= 11 is 0. The van der Waals surface area contributed by atoms with Gasteiger partial charge in [-0.25, -0.2) is 0 Å². The zero-order chi connectivity index (χ0) is 24.3. The van der Waals surface area contributed by atoms with Crippen molar-refractivity contribution in [3.8, 4) is 0 Å². The molecule has 0 aliphatic rings. The van der Waals surface area contributed by atoms with Crippen LogP contribution in [0.2, 0.25) is 0 Å². The average Bonchev–Trinajstić information content (AvgIpc) is 3.33. The molecule has 0 aliphatic carbocycles. The van der Waals surface area contributed by atoms with Crippen LogP contribution in [0.5, 0.6) is 0 Å². The number of rotatable bonds is 13. The van der Waals surface area contributed by atoms with Crippen LogP contribution in [0.25, 0.3) is 0 Å². The summed E-state index contributed by atoms with van der Waals surface area (Å²) in [5.74, 6) is 0. The third kappa shape index (κ3) is 7.60. The zero-order valence-electron chi connectivity index (χ0n) is 19.9. The molecule has 1 unspecified atom stereocenters. The number of aromatic nitrogens is 2. The van der Waals surface area contributed by atoms with E-state index in [0.29, 0.717) is 19.8 Å². The molecule has 1 heterocycles. The number of nitrogens with zero attached hydrogens (tertiary/aromatic N) is 2. The predicted molar refractivity (Wildman–Crippen MR) is 134 cm³/mol. The molecule has 6 heteroatoms. The van der Waals surface area contributed by atoms with E-state index in [9.17, 15) is 5.11 Å². The highest BCUT2D eigenvalue weighted by atomic mass is 16.6. The Morgan fingerprint density at radius 2 is 1.26 bits per heavy atom. The van der Waals surface area contributed by atoms with Gasteiger partial charge in [-0.05, 0) is 16.7 Å². The molecular formula is C29H32N2O4. The summed E-state index contributed by atoms with van der Waals surface area (Å²) in [7, 11) is 1.86. The van der Waals surface area contributed by atoms with E-state index in [1.165, 1.54) is 0 Å². The molecular weight excluding hydrogens is 440 g/mol. The van der Waals surface area contributed by atoms with E-state index in [1.807, 2.05) is 104 Å². The Bertz CT molecular complexity index is 1120. The van der Waals surface area contributed by atoms with Gasteiger partial charge in [-0.3, -0.25) is 4.68 Å². The SMILES string of the molecule is Cn1cc(C(OCc2ccccc2)[C@@H](OCc2ccccc2)[C@H](O)COCc2ccccc2)cn1. The van der Waals surface area contributed by atoms with Gasteiger partial charge >= 0.3 is 0 Å². The van der Waals surface area contributed by atoms with Crippen LogP contribution in [0, 0.1) is 0 Å². The Balaban J connectivity index is 1.51. The van der Waals surface area contributed by atoms with E-state index in [0.717, 1.165) is 22.3 Å². The molecule has 3 aromatic carbocycles. The predicted octanol–water partition coefficient (Wildman–Crippen LogP) is 4.84. The van der Waals surface area contributed by atoms with Crippen molar-refractivity contribution in [3.05, 3.63) is 126 Å². The Labute approximate surface area is 206 Å². The van der Waals surface area contributed by atoms with Crippen LogP contribution in [-0.4, -0.2) is 33.7 Å². The van der Waals surface area contributed by atoms with Gasteiger partial charge in [-0.2, -0.15) is 5.10 Å². The highest BCUT2D eigenvalue weighted by Crippen LogP contribution is 2.28. The maximum Gasteiger partial charge on any atom is 0.116 e. The minimum atomic E-state index is -0.914. The van der Waals surface area contributed by atoms with Crippen LogP contribution in [-0.2, 0) is 41.1 Å². The highest BCUT2D eigenvalue weighted by Gasteiger charge is 2.33. The Morgan fingerprint density at radius 1 is 0.743 bits per heavy atom. The van der Waals surface area contributed by atoms with Crippen molar-refractivity contribution in [2.75, 3.05) is 6.61 Å². The molecule has 3 atom stereocenters. The molecule has 35 heavy (non-hydrogen) atoms. The van der Waals surface area contributed by atoms with Crippen molar-refractivity contribution in [2.45, 2.75) is 38.1 Å². The molecule has 0 spiro atoms. The molecule has 182 valence electrons. The third-order valence-corrected chi connectivity index (χ3v) is 5.69. The van der Waals surface area contributed by atoms with Gasteiger partial charge in [0.2, 0.25) is 0 Å². The van der Waals surface area contributed by atoms with E-state index >= 15 is 0 Å². The first-order valence-electron chi connectivity index (χ1n) is 11.8. The second-order valence-corrected chi connectivity index (χ2v) is 8.49. The molecule has 0 fully saturated rings. The maximum absolute atomic E-state index is 11.2. The third-order valence-electron chi connectivity index (χ3n) is 5.69. The first-order valence-corrected chi connectivity index (χ1v) is 11.8. The minimum absolute atomic E-state index is 0.111. The van der Waals surface area contributed by atoms with Crippen molar-refractivity contribution in [2.24, 2.45) is 7.05 Å². The fraction of sp³-hybridized carbons (Fsp3) is 0.276. The van der Waals surface area contributed by atoms with Crippen LogP contribution in [0.4, 0.5) is 0 Å². The van der Waals surface area contributed by atoms with Gasteiger partial charge in [0.15, 0.2) is 0 Å². The van der Waals surface area contributed by atoms with Crippen molar-refractivity contribution < 1.29 is 19.3 Å². The minimum Gasteiger partial charge on any atom is -0.388 e. The van der Waals surface area contributed by atoms with Crippen LogP contribution < -0.4 is 0 Å². The van der Waals surface area contributed by atoms with Crippen molar-refractivity contribution in [1.82, 2.24) is 9.78 Å². The monoisotopic (exact) mass is 472 g/mol. The summed E-state index contributed by atoms with van der Waals surface area (Å²) < 4.78 is 20.3. The molecule has 1 aromatic heterocycles. The zero-order valence-corrected chi connectivity index (χ0v) is 19.9. The van der Waals surface area contributed by atoms with Gasteiger partial charge < -0.3 is 19.3 Å². The van der Waals surface area contributed by atoms with Crippen LogP contribution >= 0.6 is 0 Å². The molecule has 6 nitrogen and oxygen atoms in total. The van der Waals surface area contributed by atoms with Crippen molar-refractivity contribution >= 4 is 0 Å². The fourth-order valence-corrected chi connectivity index (χ4v) is 3.86. The molecule has 1 N–H and O–H groups in total. The Morgan fingerprint density at radius 3 is 1.77 bits per heavy atom. The maximum atomic E-state index is 11.2. The van der Waals surface area contributed by atoms with Crippen molar-refractivity contribution in [3.63, 3.8) is 0 Å². The smallest absolute Gasteiger partial charge is 0.116 e. The number of aliphatic hydroxyl groups excluding tert-OH is 1.